The van der Waals surface area contributed by atoms with Gasteiger partial charge in [-0.25, -0.2) is 9.97 Å². The standard InChI is InChI=1S/C13H17N5O/c1-14-10-6-3-2-5-9(10)13-17-12(18-19-13)11-15-7-4-8-16-11/h4,7-10,14H,2-3,5-6H2,1H3. The second-order valence-corrected chi connectivity index (χ2v) is 4.81. The second-order valence-electron chi connectivity index (χ2n) is 4.81. The Morgan fingerprint density at radius 2 is 1.95 bits per heavy atom. The van der Waals surface area contributed by atoms with Crippen molar-refractivity contribution in [1.82, 2.24) is 25.4 Å². The third-order valence-corrected chi connectivity index (χ3v) is 3.66. The van der Waals surface area contributed by atoms with E-state index in [2.05, 4.69) is 25.4 Å². The molecule has 2 unspecified atom stereocenters. The number of nitrogens with zero attached hydrogens (tertiary/aromatic N) is 4. The zero-order valence-electron chi connectivity index (χ0n) is 10.9. The molecule has 100 valence electrons. The van der Waals surface area contributed by atoms with Gasteiger partial charge in [0.1, 0.15) is 0 Å². The lowest BCUT2D eigenvalue weighted by Crippen LogP contribution is -2.34. The van der Waals surface area contributed by atoms with Crippen molar-refractivity contribution in [3.8, 4) is 11.6 Å². The first-order valence-electron chi connectivity index (χ1n) is 6.66. The first-order chi connectivity index (χ1) is 9.38. The highest BCUT2D eigenvalue weighted by molar-refractivity contribution is 5.40. The maximum Gasteiger partial charge on any atom is 0.240 e. The van der Waals surface area contributed by atoms with E-state index in [1.165, 1.54) is 12.8 Å². The summed E-state index contributed by atoms with van der Waals surface area (Å²) in [4.78, 5) is 12.7. The van der Waals surface area contributed by atoms with Crippen molar-refractivity contribution < 1.29 is 4.52 Å². The molecule has 1 N–H and O–H groups in total. The maximum atomic E-state index is 5.41. The van der Waals surface area contributed by atoms with Gasteiger partial charge in [0.2, 0.25) is 17.5 Å². The molecule has 2 heterocycles. The van der Waals surface area contributed by atoms with E-state index in [0.717, 1.165) is 12.8 Å². The van der Waals surface area contributed by atoms with E-state index < -0.39 is 0 Å². The Hall–Kier alpha value is -1.82. The highest BCUT2D eigenvalue weighted by atomic mass is 16.5. The number of nitrogens with one attached hydrogen (secondary N) is 1. The molecule has 2 aromatic rings. The van der Waals surface area contributed by atoms with Gasteiger partial charge in [-0.1, -0.05) is 18.0 Å². The van der Waals surface area contributed by atoms with E-state index in [4.69, 9.17) is 4.52 Å². The van der Waals surface area contributed by atoms with Gasteiger partial charge in [-0.15, -0.1) is 0 Å². The molecule has 19 heavy (non-hydrogen) atoms. The van der Waals surface area contributed by atoms with Crippen LogP contribution in [0.25, 0.3) is 11.6 Å². The van der Waals surface area contributed by atoms with Crippen LogP contribution in [0.1, 0.15) is 37.5 Å². The Labute approximate surface area is 111 Å². The van der Waals surface area contributed by atoms with E-state index in [9.17, 15) is 0 Å². The highest BCUT2D eigenvalue weighted by Gasteiger charge is 2.30. The van der Waals surface area contributed by atoms with Crippen LogP contribution in [0.3, 0.4) is 0 Å². The van der Waals surface area contributed by atoms with Gasteiger partial charge in [0.25, 0.3) is 0 Å². The number of rotatable bonds is 3. The predicted molar refractivity (Wildman–Crippen MR) is 69.4 cm³/mol. The molecule has 0 aliphatic heterocycles. The summed E-state index contributed by atoms with van der Waals surface area (Å²) in [5, 5.41) is 7.33. The van der Waals surface area contributed by atoms with Crippen LogP contribution in [0.2, 0.25) is 0 Å². The fraction of sp³-hybridized carbons (Fsp3) is 0.538. The Balaban J connectivity index is 1.84. The van der Waals surface area contributed by atoms with E-state index in [1.54, 1.807) is 18.5 Å². The number of hydrogen-bond acceptors (Lipinski definition) is 6. The zero-order chi connectivity index (χ0) is 13.1. The molecule has 1 aliphatic rings. The molecule has 0 bridgehead atoms. The molecule has 1 fully saturated rings. The van der Waals surface area contributed by atoms with Crippen LogP contribution in [0, 0.1) is 0 Å². The van der Waals surface area contributed by atoms with Crippen molar-refractivity contribution >= 4 is 0 Å². The number of aromatic nitrogens is 4. The van der Waals surface area contributed by atoms with Crippen LogP contribution in [-0.2, 0) is 0 Å². The molecule has 3 rings (SSSR count). The summed E-state index contributed by atoms with van der Waals surface area (Å²) in [5.41, 5.74) is 0. The average molecular weight is 259 g/mol. The minimum atomic E-state index is 0.295. The first-order valence-corrected chi connectivity index (χ1v) is 6.66. The van der Waals surface area contributed by atoms with Crippen LogP contribution >= 0.6 is 0 Å². The lowest BCUT2D eigenvalue weighted by molar-refractivity contribution is 0.270. The summed E-state index contributed by atoms with van der Waals surface area (Å²) in [5.74, 6) is 1.97. The van der Waals surface area contributed by atoms with Crippen LogP contribution in [0.4, 0.5) is 0 Å². The smallest absolute Gasteiger partial charge is 0.240 e. The Morgan fingerprint density at radius 1 is 1.16 bits per heavy atom. The van der Waals surface area contributed by atoms with Gasteiger partial charge in [0.05, 0.1) is 5.92 Å². The van der Waals surface area contributed by atoms with Crippen molar-refractivity contribution in [1.29, 1.82) is 0 Å². The van der Waals surface area contributed by atoms with E-state index in [1.807, 2.05) is 7.05 Å². The third-order valence-electron chi connectivity index (χ3n) is 3.66. The Morgan fingerprint density at radius 3 is 2.74 bits per heavy atom. The van der Waals surface area contributed by atoms with Crippen LogP contribution in [0.5, 0.6) is 0 Å². The molecule has 2 atom stereocenters. The first kappa shape index (κ1) is 12.2. The molecule has 1 aliphatic carbocycles. The fourth-order valence-electron chi connectivity index (χ4n) is 2.66. The predicted octanol–water partition coefficient (Wildman–Crippen LogP) is 1.77. The number of likely N-dealkylation sites (N-methyl/N-ethyl adjacent to an activating group) is 1. The van der Waals surface area contributed by atoms with E-state index in [0.29, 0.717) is 29.5 Å². The van der Waals surface area contributed by atoms with Gasteiger partial charge < -0.3 is 9.84 Å². The van der Waals surface area contributed by atoms with Gasteiger partial charge in [-0.3, -0.25) is 0 Å². The van der Waals surface area contributed by atoms with Crippen LogP contribution < -0.4 is 5.32 Å². The Bertz CT molecular complexity index is 527. The van der Waals surface area contributed by atoms with Crippen LogP contribution in [-0.4, -0.2) is 33.2 Å². The van der Waals surface area contributed by atoms with Gasteiger partial charge in [0, 0.05) is 18.4 Å². The second kappa shape index (κ2) is 5.44. The molecule has 0 radical (unpaired) electrons. The SMILES string of the molecule is CNC1CCCCC1c1nc(-c2ncccn2)no1. The summed E-state index contributed by atoms with van der Waals surface area (Å²) >= 11 is 0. The minimum absolute atomic E-state index is 0.295. The molecule has 6 heteroatoms. The minimum Gasteiger partial charge on any atom is -0.338 e. The van der Waals surface area contributed by atoms with E-state index >= 15 is 0 Å². The van der Waals surface area contributed by atoms with Crippen molar-refractivity contribution in [2.24, 2.45) is 0 Å². The zero-order valence-corrected chi connectivity index (χ0v) is 10.9. The van der Waals surface area contributed by atoms with Gasteiger partial charge in [-0.05, 0) is 26.0 Å². The lowest BCUT2D eigenvalue weighted by Gasteiger charge is -2.28. The Kier molecular flexibility index (Phi) is 3.50. The summed E-state index contributed by atoms with van der Waals surface area (Å²) in [6.07, 6.45) is 8.06. The van der Waals surface area contributed by atoms with E-state index in [-0.39, 0.29) is 0 Å². The molecular weight excluding hydrogens is 242 g/mol. The molecular formula is C13H17N5O. The van der Waals surface area contributed by atoms with Gasteiger partial charge in [0.15, 0.2) is 0 Å². The molecule has 1 saturated carbocycles. The summed E-state index contributed by atoms with van der Waals surface area (Å²) in [6.45, 7) is 0. The molecule has 2 aromatic heterocycles. The number of hydrogen-bond donors (Lipinski definition) is 1. The molecule has 0 amide bonds. The largest absolute Gasteiger partial charge is 0.338 e. The quantitative estimate of drug-likeness (QED) is 0.905. The molecule has 0 aromatic carbocycles. The van der Waals surface area contributed by atoms with Crippen molar-refractivity contribution in [2.75, 3.05) is 7.05 Å². The normalized spacial score (nSPS) is 23.4. The third kappa shape index (κ3) is 2.49. The van der Waals surface area contributed by atoms with Crippen molar-refractivity contribution in [3.63, 3.8) is 0 Å². The monoisotopic (exact) mass is 259 g/mol. The summed E-state index contributed by atoms with van der Waals surface area (Å²) in [6, 6.07) is 2.18. The molecule has 0 spiro atoms. The van der Waals surface area contributed by atoms with Gasteiger partial charge >= 0.3 is 0 Å². The topological polar surface area (TPSA) is 76.7 Å². The molecule has 6 nitrogen and oxygen atoms in total. The fourth-order valence-corrected chi connectivity index (χ4v) is 2.66. The van der Waals surface area contributed by atoms with Crippen molar-refractivity contribution in [2.45, 2.75) is 37.6 Å². The maximum absolute atomic E-state index is 5.41. The summed E-state index contributed by atoms with van der Waals surface area (Å²) in [7, 11) is 1.99. The lowest BCUT2D eigenvalue weighted by atomic mass is 9.84. The van der Waals surface area contributed by atoms with Crippen molar-refractivity contribution in [3.05, 3.63) is 24.4 Å². The molecule has 0 saturated heterocycles. The summed E-state index contributed by atoms with van der Waals surface area (Å²) < 4.78 is 5.41. The van der Waals surface area contributed by atoms with Gasteiger partial charge in [-0.2, -0.15) is 4.98 Å². The highest BCUT2D eigenvalue weighted by Crippen LogP contribution is 2.32. The average Bonchev–Trinajstić information content (AvgIpc) is 2.98. The van der Waals surface area contributed by atoms with Crippen LogP contribution in [0.15, 0.2) is 23.0 Å².